The quantitative estimate of drug-likeness (QED) is 0.0214. The Kier molecular flexibility index (Phi) is 36.5. The lowest BCUT2D eigenvalue weighted by Crippen LogP contribution is -2.64. The van der Waals surface area contributed by atoms with Crippen molar-refractivity contribution in [1.29, 1.82) is 0 Å². The van der Waals surface area contributed by atoms with Gasteiger partial charge in [0, 0.05) is 0 Å². The molecule has 1 rings (SSSR count). The number of nitrogens with one attached hydrogen (secondary N) is 1. The number of hydrogen-bond donors (Lipinski definition) is 11. The molecule has 0 aliphatic heterocycles. The van der Waals surface area contributed by atoms with Gasteiger partial charge in [-0.3, -0.25) is 13.8 Å². The standard InChI is InChI=1S/C48H96NO14P/c1-3-5-7-9-11-13-15-17-18-19-20-21-22-23-25-27-29-31-33-35-39(51)41(53)48(59)49-37(36-62-64(60,61)63-47-45(57)43(55)42(54)44(56)46(47)58)40(52)38(50)34-32-30-28-26-24-16-14-12-10-8-6-4-2/h37-47,50-58H,3-36H2,1-2H3,(H,49,59)(H,60,61)/t37-,38-,39+,40-,41-,42?,43-,44+,45+,46+,47?/m0/s1. The van der Waals surface area contributed by atoms with Crippen LogP contribution in [-0.4, -0.2) is 130 Å². The molecule has 1 aliphatic carbocycles. The molecule has 0 spiro atoms. The summed E-state index contributed by atoms with van der Waals surface area (Å²) in [7, 11) is -5.29. The van der Waals surface area contributed by atoms with E-state index in [4.69, 9.17) is 9.05 Å². The third-order valence-corrected chi connectivity index (χ3v) is 14.0. The van der Waals surface area contributed by atoms with Gasteiger partial charge in [-0.25, -0.2) is 4.57 Å². The highest BCUT2D eigenvalue weighted by Crippen LogP contribution is 2.47. The van der Waals surface area contributed by atoms with Gasteiger partial charge in [-0.05, 0) is 12.8 Å². The number of aliphatic hydroxyl groups excluding tert-OH is 9. The molecule has 0 bridgehead atoms. The fourth-order valence-corrected chi connectivity index (χ4v) is 9.54. The van der Waals surface area contributed by atoms with Crippen LogP contribution in [-0.2, 0) is 18.4 Å². The molecule has 1 aliphatic rings. The minimum Gasteiger partial charge on any atom is -0.390 e. The molecule has 16 heteroatoms. The average Bonchev–Trinajstić information content (AvgIpc) is 3.28. The number of hydrogen-bond acceptors (Lipinski definition) is 13. The first-order chi connectivity index (χ1) is 30.7. The average molecular weight is 942 g/mol. The van der Waals surface area contributed by atoms with E-state index in [0.29, 0.717) is 12.8 Å². The van der Waals surface area contributed by atoms with Gasteiger partial charge in [0.1, 0.15) is 42.7 Å². The van der Waals surface area contributed by atoms with Crippen LogP contribution in [0.5, 0.6) is 0 Å². The van der Waals surface area contributed by atoms with Gasteiger partial charge in [0.2, 0.25) is 0 Å². The summed E-state index contributed by atoms with van der Waals surface area (Å²) in [5.41, 5.74) is 0. The summed E-state index contributed by atoms with van der Waals surface area (Å²) in [4.78, 5) is 23.6. The number of rotatable bonds is 43. The third-order valence-electron chi connectivity index (χ3n) is 13.0. The van der Waals surface area contributed by atoms with Gasteiger partial charge in [0.25, 0.3) is 5.91 Å². The monoisotopic (exact) mass is 942 g/mol. The van der Waals surface area contributed by atoms with E-state index in [-0.39, 0.29) is 12.8 Å². The number of amides is 1. The predicted octanol–water partition coefficient (Wildman–Crippen LogP) is 7.15. The first kappa shape index (κ1) is 61.2. The first-order valence-corrected chi connectivity index (χ1v) is 27.3. The molecular weight excluding hydrogens is 845 g/mol. The number of phosphoric ester groups is 1. The fourth-order valence-electron chi connectivity index (χ4n) is 8.57. The van der Waals surface area contributed by atoms with Gasteiger partial charge in [-0.15, -0.1) is 0 Å². The summed E-state index contributed by atoms with van der Waals surface area (Å²) < 4.78 is 22.8. The number of aliphatic hydroxyl groups is 9. The van der Waals surface area contributed by atoms with Crippen LogP contribution < -0.4 is 5.32 Å². The van der Waals surface area contributed by atoms with Crippen molar-refractivity contribution in [3.05, 3.63) is 0 Å². The van der Waals surface area contributed by atoms with Crippen molar-refractivity contribution in [2.45, 2.75) is 293 Å². The van der Waals surface area contributed by atoms with Gasteiger partial charge in [0.05, 0.1) is 24.9 Å². The van der Waals surface area contributed by atoms with E-state index in [2.05, 4.69) is 19.2 Å². The van der Waals surface area contributed by atoms with E-state index in [1.165, 1.54) is 135 Å². The van der Waals surface area contributed by atoms with Crippen LogP contribution in [0.25, 0.3) is 0 Å². The van der Waals surface area contributed by atoms with E-state index < -0.39 is 87.4 Å². The highest BCUT2D eigenvalue weighted by atomic mass is 31.2. The van der Waals surface area contributed by atoms with Gasteiger partial charge >= 0.3 is 7.82 Å². The zero-order valence-corrected chi connectivity index (χ0v) is 40.8. The molecule has 1 saturated carbocycles. The van der Waals surface area contributed by atoms with E-state index in [0.717, 1.165) is 51.4 Å². The van der Waals surface area contributed by atoms with Crippen LogP contribution in [0.4, 0.5) is 0 Å². The second kappa shape index (κ2) is 38.1. The van der Waals surface area contributed by atoms with Gasteiger partial charge in [-0.1, -0.05) is 213 Å². The molecule has 15 nitrogen and oxygen atoms in total. The van der Waals surface area contributed by atoms with E-state index >= 15 is 0 Å². The highest BCUT2D eigenvalue weighted by Gasteiger charge is 2.51. The topological polar surface area (TPSA) is 267 Å². The molecule has 1 amide bonds. The molecule has 0 saturated heterocycles. The number of carbonyl (C=O) groups is 1. The summed E-state index contributed by atoms with van der Waals surface area (Å²) in [6.45, 7) is 3.49. The maximum atomic E-state index is 13.1. The van der Waals surface area contributed by atoms with Gasteiger partial charge < -0.3 is 56.2 Å². The number of unbranched alkanes of at least 4 members (excludes halogenated alkanes) is 29. The van der Waals surface area contributed by atoms with Crippen molar-refractivity contribution in [3.63, 3.8) is 0 Å². The molecule has 1 fully saturated rings. The molecule has 0 heterocycles. The van der Waals surface area contributed by atoms with Gasteiger partial charge in [-0.2, -0.15) is 0 Å². The number of carbonyl (C=O) groups excluding carboxylic acids is 1. The van der Waals surface area contributed by atoms with Crippen LogP contribution >= 0.6 is 7.82 Å². The van der Waals surface area contributed by atoms with Crippen molar-refractivity contribution in [1.82, 2.24) is 5.32 Å². The largest absolute Gasteiger partial charge is 0.472 e. The minimum atomic E-state index is -5.29. The maximum absolute atomic E-state index is 13.1. The Bertz CT molecular complexity index is 1140. The van der Waals surface area contributed by atoms with Crippen molar-refractivity contribution >= 4 is 13.7 Å². The van der Waals surface area contributed by atoms with Crippen LogP contribution in [0.15, 0.2) is 0 Å². The Balaban J connectivity index is 2.55. The van der Waals surface area contributed by atoms with Crippen molar-refractivity contribution in [2.24, 2.45) is 0 Å². The van der Waals surface area contributed by atoms with Crippen LogP contribution in [0.2, 0.25) is 0 Å². The second-order valence-electron chi connectivity index (χ2n) is 18.8. The van der Waals surface area contributed by atoms with Crippen molar-refractivity contribution in [2.75, 3.05) is 6.61 Å². The Morgan fingerprint density at radius 3 is 1.12 bits per heavy atom. The normalized spacial score (nSPS) is 23.6. The zero-order valence-electron chi connectivity index (χ0n) is 39.9. The summed E-state index contributed by atoms with van der Waals surface area (Å²) in [5, 5.41) is 96.1. The molecular formula is C48H96NO14P. The first-order valence-electron chi connectivity index (χ1n) is 25.8. The predicted molar refractivity (Wildman–Crippen MR) is 250 cm³/mol. The molecule has 11 N–H and O–H groups in total. The Hall–Kier alpha value is -0.780. The summed E-state index contributed by atoms with van der Waals surface area (Å²) in [5.74, 6) is -1.11. The lowest BCUT2D eigenvalue weighted by molar-refractivity contribution is -0.220. The summed E-state index contributed by atoms with van der Waals surface area (Å²) in [6, 6.07) is -1.60. The molecule has 64 heavy (non-hydrogen) atoms. The lowest BCUT2D eigenvalue weighted by Gasteiger charge is -2.41. The minimum absolute atomic E-state index is 0.126. The highest BCUT2D eigenvalue weighted by molar-refractivity contribution is 7.47. The molecule has 382 valence electrons. The third kappa shape index (κ3) is 27.9. The Morgan fingerprint density at radius 2 is 0.781 bits per heavy atom. The van der Waals surface area contributed by atoms with Crippen LogP contribution in [0, 0.1) is 0 Å². The summed E-state index contributed by atoms with van der Waals surface area (Å²) >= 11 is 0. The molecule has 3 unspecified atom stereocenters. The molecule has 0 aromatic rings. The fraction of sp³-hybridized carbons (Fsp3) is 0.979. The SMILES string of the molecule is CCCCCCCCCCCCCCCCCCCCC[C@@H](O)[C@H](O)C(=O)N[C@@H](COP(=O)(O)OC1[C@H](O)[C@H](O)C(O)[C@H](O)[C@H]1O)[C@H](O)[C@@H](O)CCCCCCCCCCCCCC. The molecule has 12 atom stereocenters. The number of phosphoric acid groups is 1. The van der Waals surface area contributed by atoms with E-state index in [1.54, 1.807) is 0 Å². The molecule has 0 aromatic heterocycles. The second-order valence-corrected chi connectivity index (χ2v) is 20.2. The van der Waals surface area contributed by atoms with Crippen LogP contribution in [0.1, 0.15) is 226 Å². The summed E-state index contributed by atoms with van der Waals surface area (Å²) in [6.07, 6.45) is 17.6. The molecule has 0 aromatic carbocycles. The van der Waals surface area contributed by atoms with Crippen molar-refractivity contribution < 1.29 is 69.3 Å². The Labute approximate surface area is 386 Å². The zero-order chi connectivity index (χ0) is 47.6. The Morgan fingerprint density at radius 1 is 0.484 bits per heavy atom. The lowest BCUT2D eigenvalue weighted by atomic mass is 9.85. The van der Waals surface area contributed by atoms with Crippen LogP contribution in [0.3, 0.4) is 0 Å². The van der Waals surface area contributed by atoms with Crippen molar-refractivity contribution in [3.8, 4) is 0 Å². The van der Waals surface area contributed by atoms with Gasteiger partial charge in [0.15, 0.2) is 6.10 Å². The molecule has 0 radical (unpaired) electrons. The maximum Gasteiger partial charge on any atom is 0.472 e. The van der Waals surface area contributed by atoms with E-state index in [1.807, 2.05) is 0 Å². The smallest absolute Gasteiger partial charge is 0.390 e. The van der Waals surface area contributed by atoms with E-state index in [9.17, 15) is 60.2 Å².